The van der Waals surface area contributed by atoms with Crippen molar-refractivity contribution in [1.29, 1.82) is 0 Å². The lowest BCUT2D eigenvalue weighted by Gasteiger charge is -2.07. The molecule has 3 N–H and O–H groups in total. The summed E-state index contributed by atoms with van der Waals surface area (Å²) in [7, 11) is -1.91. The minimum Gasteiger partial charge on any atom is -0.399 e. The predicted molar refractivity (Wildman–Crippen MR) is 80.2 cm³/mol. The molecule has 0 fully saturated rings. The molecule has 0 amide bonds. The molecule has 1 heterocycles. The fourth-order valence-corrected chi connectivity index (χ4v) is 2.87. The standard InChI is InChI=1S/C12H16N4O2S.ClH/c1-16-12(7-8-14-16)19(17,18)15-9-6-10-2-4-11(13)5-3-10;/h2-5,7-8,15H,6,9,13H2,1H3;1H. The van der Waals surface area contributed by atoms with Gasteiger partial charge in [0.25, 0.3) is 10.0 Å². The van der Waals surface area contributed by atoms with Gasteiger partial charge in [-0.25, -0.2) is 13.1 Å². The Labute approximate surface area is 124 Å². The summed E-state index contributed by atoms with van der Waals surface area (Å²) in [5.41, 5.74) is 7.31. The number of anilines is 1. The van der Waals surface area contributed by atoms with Crippen molar-refractivity contribution in [2.45, 2.75) is 11.4 Å². The fraction of sp³-hybridized carbons (Fsp3) is 0.250. The third-order valence-electron chi connectivity index (χ3n) is 2.74. The van der Waals surface area contributed by atoms with Crippen LogP contribution >= 0.6 is 12.4 Å². The van der Waals surface area contributed by atoms with Gasteiger partial charge in [0.15, 0.2) is 5.03 Å². The first-order valence-corrected chi connectivity index (χ1v) is 7.29. The average molecular weight is 317 g/mol. The van der Waals surface area contributed by atoms with E-state index >= 15 is 0 Å². The maximum atomic E-state index is 12.0. The van der Waals surface area contributed by atoms with Crippen molar-refractivity contribution in [3.8, 4) is 0 Å². The summed E-state index contributed by atoms with van der Waals surface area (Å²) >= 11 is 0. The van der Waals surface area contributed by atoms with Gasteiger partial charge in [-0.2, -0.15) is 5.10 Å². The number of halogens is 1. The molecule has 0 aliphatic carbocycles. The summed E-state index contributed by atoms with van der Waals surface area (Å²) in [6, 6.07) is 8.82. The molecule has 0 aliphatic heterocycles. The molecule has 0 aliphatic rings. The van der Waals surface area contributed by atoms with E-state index in [1.165, 1.54) is 16.9 Å². The molecule has 0 spiro atoms. The summed E-state index contributed by atoms with van der Waals surface area (Å²) in [6.07, 6.45) is 2.06. The molecule has 6 nitrogen and oxygen atoms in total. The Bertz CT molecular complexity index is 652. The summed E-state index contributed by atoms with van der Waals surface area (Å²) < 4.78 is 27.8. The van der Waals surface area contributed by atoms with Crippen LogP contribution in [-0.2, 0) is 23.5 Å². The maximum absolute atomic E-state index is 12.0. The molecule has 0 radical (unpaired) electrons. The van der Waals surface area contributed by atoms with Crippen molar-refractivity contribution < 1.29 is 8.42 Å². The molecule has 2 aromatic rings. The van der Waals surface area contributed by atoms with Crippen LogP contribution in [0.25, 0.3) is 0 Å². The molecular weight excluding hydrogens is 300 g/mol. The van der Waals surface area contributed by atoms with Crippen molar-refractivity contribution in [1.82, 2.24) is 14.5 Å². The normalized spacial score (nSPS) is 11.1. The Morgan fingerprint density at radius 3 is 2.45 bits per heavy atom. The van der Waals surface area contributed by atoms with Gasteiger partial charge in [0.2, 0.25) is 0 Å². The number of nitrogens with one attached hydrogen (secondary N) is 1. The molecule has 0 saturated heterocycles. The number of rotatable bonds is 5. The molecule has 1 aromatic carbocycles. The highest BCUT2D eigenvalue weighted by molar-refractivity contribution is 7.89. The summed E-state index contributed by atoms with van der Waals surface area (Å²) in [5, 5.41) is 4.00. The van der Waals surface area contributed by atoms with Crippen LogP contribution in [0.2, 0.25) is 0 Å². The number of nitrogens with zero attached hydrogens (tertiary/aromatic N) is 2. The second kappa shape index (κ2) is 6.74. The number of aromatic nitrogens is 2. The third-order valence-corrected chi connectivity index (χ3v) is 4.27. The predicted octanol–water partition coefficient (Wildman–Crippen LogP) is 0.945. The monoisotopic (exact) mass is 316 g/mol. The number of hydrogen-bond donors (Lipinski definition) is 2. The second-order valence-electron chi connectivity index (χ2n) is 4.18. The van der Waals surface area contributed by atoms with Crippen LogP contribution in [0.5, 0.6) is 0 Å². The van der Waals surface area contributed by atoms with Gasteiger partial charge >= 0.3 is 0 Å². The van der Waals surface area contributed by atoms with Crippen LogP contribution < -0.4 is 10.5 Å². The molecule has 0 bridgehead atoms. The number of benzene rings is 1. The number of nitrogens with two attached hydrogens (primary N) is 1. The van der Waals surface area contributed by atoms with Gasteiger partial charge in [-0.15, -0.1) is 12.4 Å². The van der Waals surface area contributed by atoms with E-state index in [-0.39, 0.29) is 17.4 Å². The Morgan fingerprint density at radius 1 is 1.25 bits per heavy atom. The molecule has 0 unspecified atom stereocenters. The third kappa shape index (κ3) is 3.96. The highest BCUT2D eigenvalue weighted by Gasteiger charge is 2.16. The lowest BCUT2D eigenvalue weighted by atomic mass is 10.1. The van der Waals surface area contributed by atoms with Crippen molar-refractivity contribution in [2.75, 3.05) is 12.3 Å². The minimum absolute atomic E-state index is 0. The highest BCUT2D eigenvalue weighted by atomic mass is 35.5. The van der Waals surface area contributed by atoms with Gasteiger partial charge in [-0.1, -0.05) is 12.1 Å². The van der Waals surface area contributed by atoms with Crippen LogP contribution in [0.1, 0.15) is 5.56 Å². The van der Waals surface area contributed by atoms with E-state index in [1.807, 2.05) is 12.1 Å². The van der Waals surface area contributed by atoms with Crippen LogP contribution in [0.15, 0.2) is 41.6 Å². The van der Waals surface area contributed by atoms with Gasteiger partial charge in [0, 0.05) is 19.3 Å². The average Bonchev–Trinajstić information content (AvgIpc) is 2.79. The molecule has 0 atom stereocenters. The van der Waals surface area contributed by atoms with E-state index in [2.05, 4.69) is 9.82 Å². The van der Waals surface area contributed by atoms with E-state index < -0.39 is 10.0 Å². The van der Waals surface area contributed by atoms with Crippen molar-refractivity contribution >= 4 is 28.1 Å². The largest absolute Gasteiger partial charge is 0.399 e. The number of aryl methyl sites for hydroxylation is 1. The molecule has 20 heavy (non-hydrogen) atoms. The first-order chi connectivity index (χ1) is 8.99. The molecule has 8 heteroatoms. The van der Waals surface area contributed by atoms with Gasteiger partial charge in [-0.05, 0) is 30.2 Å². The van der Waals surface area contributed by atoms with E-state index in [1.54, 1.807) is 19.2 Å². The van der Waals surface area contributed by atoms with Crippen LogP contribution in [0.4, 0.5) is 5.69 Å². The van der Waals surface area contributed by atoms with E-state index in [9.17, 15) is 8.42 Å². The lowest BCUT2D eigenvalue weighted by Crippen LogP contribution is -2.27. The lowest BCUT2D eigenvalue weighted by molar-refractivity contribution is 0.563. The summed E-state index contributed by atoms with van der Waals surface area (Å²) in [4.78, 5) is 0. The van der Waals surface area contributed by atoms with Crippen LogP contribution in [0.3, 0.4) is 0 Å². The van der Waals surface area contributed by atoms with Crippen LogP contribution in [-0.4, -0.2) is 24.7 Å². The smallest absolute Gasteiger partial charge is 0.257 e. The Kier molecular flexibility index (Phi) is 5.55. The van der Waals surface area contributed by atoms with E-state index in [0.29, 0.717) is 18.7 Å². The van der Waals surface area contributed by atoms with Gasteiger partial charge in [0.1, 0.15) is 0 Å². The molecule has 1 aromatic heterocycles. The quantitative estimate of drug-likeness (QED) is 0.803. The molecule has 110 valence electrons. The topological polar surface area (TPSA) is 90.0 Å². The SMILES string of the molecule is Cl.Cn1nccc1S(=O)(=O)NCCc1ccc(N)cc1. The van der Waals surface area contributed by atoms with Gasteiger partial charge in [0.05, 0.1) is 6.20 Å². The molecule has 2 rings (SSSR count). The maximum Gasteiger partial charge on any atom is 0.257 e. The van der Waals surface area contributed by atoms with E-state index in [0.717, 1.165) is 5.56 Å². The summed E-state index contributed by atoms with van der Waals surface area (Å²) in [6.45, 7) is 0.331. The van der Waals surface area contributed by atoms with Crippen molar-refractivity contribution in [3.63, 3.8) is 0 Å². The Morgan fingerprint density at radius 2 is 1.90 bits per heavy atom. The number of nitrogen functional groups attached to an aromatic ring is 1. The fourth-order valence-electron chi connectivity index (χ4n) is 1.71. The summed E-state index contributed by atoms with van der Waals surface area (Å²) in [5.74, 6) is 0. The first-order valence-electron chi connectivity index (χ1n) is 5.81. The van der Waals surface area contributed by atoms with E-state index in [4.69, 9.17) is 5.73 Å². The minimum atomic E-state index is -3.50. The zero-order valence-corrected chi connectivity index (χ0v) is 12.6. The zero-order valence-electron chi connectivity index (χ0n) is 11.0. The Hall–Kier alpha value is -1.57. The first kappa shape index (κ1) is 16.5. The van der Waals surface area contributed by atoms with Crippen LogP contribution in [0, 0.1) is 0 Å². The molecular formula is C12H17ClN4O2S. The molecule has 0 saturated carbocycles. The van der Waals surface area contributed by atoms with Crippen molar-refractivity contribution in [3.05, 3.63) is 42.1 Å². The number of sulfonamides is 1. The number of hydrogen-bond acceptors (Lipinski definition) is 4. The Balaban J connectivity index is 0.00000200. The van der Waals surface area contributed by atoms with Crippen molar-refractivity contribution in [2.24, 2.45) is 7.05 Å². The highest BCUT2D eigenvalue weighted by Crippen LogP contribution is 2.08. The second-order valence-corrected chi connectivity index (χ2v) is 5.90. The van der Waals surface area contributed by atoms with Gasteiger partial charge in [-0.3, -0.25) is 4.68 Å². The van der Waals surface area contributed by atoms with Gasteiger partial charge < -0.3 is 5.73 Å². The zero-order chi connectivity index (χ0) is 13.9.